The maximum Gasteiger partial charge on any atom is 0.197 e. The molecule has 15 nitrogen and oxygen atoms in total. The molecule has 5 unspecified atom stereocenters. The van der Waals surface area contributed by atoms with Crippen LogP contribution in [0.2, 0.25) is 0 Å². The normalized spacial score (nSPS) is 13.4. The molecular weight excluding hydrogens is 1860 g/mol. The number of rotatable bonds is 48. The van der Waals surface area contributed by atoms with Crippen LogP contribution in [0, 0.1) is 5.92 Å². The van der Waals surface area contributed by atoms with Gasteiger partial charge in [-0.2, -0.15) is 0 Å². The molecule has 796 valence electrons. The zero-order valence-corrected chi connectivity index (χ0v) is 92.0. The van der Waals surface area contributed by atoms with E-state index in [0.717, 1.165) is 111 Å². The monoisotopic (exact) mass is 2030 g/mol. The van der Waals surface area contributed by atoms with Gasteiger partial charge in [0.25, 0.3) is 0 Å². The quantitative estimate of drug-likeness (QED) is 0.0264. The molecule has 5 atom stereocenters. The molecule has 0 bridgehead atoms. The molecule has 14 aromatic carbocycles. The first-order valence-corrected chi connectivity index (χ1v) is 54.7. The van der Waals surface area contributed by atoms with Gasteiger partial charge in [0.1, 0.15) is 71.6 Å². The molecule has 2 fully saturated rings. The Hall–Kier alpha value is -13.0. The highest BCUT2D eigenvalue weighted by Gasteiger charge is 2.21. The van der Waals surface area contributed by atoms with Gasteiger partial charge >= 0.3 is 0 Å². The van der Waals surface area contributed by atoms with Crippen LogP contribution in [0.5, 0.6) is 51.7 Å². The van der Waals surface area contributed by atoms with Crippen LogP contribution in [0.4, 0.5) is 0 Å². The minimum Gasteiger partial charge on any atom is -0.491 e. The summed E-state index contributed by atoms with van der Waals surface area (Å²) >= 11 is 0. The average Bonchev–Trinajstić information content (AvgIpc) is 0.797. The summed E-state index contributed by atoms with van der Waals surface area (Å²) in [4.78, 5) is 0. The van der Waals surface area contributed by atoms with Crippen LogP contribution in [-0.2, 0) is 47.9 Å². The molecule has 0 amide bonds. The fraction of sp³-hybridized carbons (Fsp3) is 0.378. The Labute approximate surface area is 898 Å². The summed E-state index contributed by atoms with van der Waals surface area (Å²) in [6.07, 6.45) is 15.5. The third kappa shape index (κ3) is 43.9. The Balaban J connectivity index is 0.000000173. The van der Waals surface area contributed by atoms with Crippen molar-refractivity contribution in [1.29, 1.82) is 0 Å². The molecule has 0 aliphatic heterocycles. The number of ether oxygens (including phenoxy) is 15. The van der Waals surface area contributed by atoms with Crippen LogP contribution in [0.15, 0.2) is 364 Å². The smallest absolute Gasteiger partial charge is 0.197 e. The van der Waals surface area contributed by atoms with Crippen molar-refractivity contribution in [1.82, 2.24) is 0 Å². The molecule has 0 saturated heterocycles. The van der Waals surface area contributed by atoms with Crippen molar-refractivity contribution in [2.45, 2.75) is 268 Å². The van der Waals surface area contributed by atoms with Gasteiger partial charge < -0.3 is 71.1 Å². The highest BCUT2D eigenvalue weighted by atomic mass is 16.7. The van der Waals surface area contributed by atoms with Crippen LogP contribution in [0.25, 0.3) is 33.4 Å². The summed E-state index contributed by atoms with van der Waals surface area (Å²) in [6.45, 7) is 38.8. The maximum absolute atomic E-state index is 6.34. The van der Waals surface area contributed by atoms with Crippen LogP contribution < -0.4 is 42.6 Å². The van der Waals surface area contributed by atoms with Gasteiger partial charge in [0.15, 0.2) is 38.2 Å². The van der Waals surface area contributed by atoms with Crippen LogP contribution in [-0.4, -0.2) is 91.1 Å². The Kier molecular flexibility index (Phi) is 52.1. The van der Waals surface area contributed by atoms with Gasteiger partial charge in [0.2, 0.25) is 0 Å². The largest absolute Gasteiger partial charge is 0.491 e. The van der Waals surface area contributed by atoms with Crippen LogP contribution in [0.3, 0.4) is 0 Å². The molecular formula is C135H166O15. The zero-order chi connectivity index (χ0) is 106. The van der Waals surface area contributed by atoms with Gasteiger partial charge in [-0.1, -0.05) is 394 Å². The molecule has 2 aliphatic carbocycles. The number of para-hydroxylation sites is 1. The van der Waals surface area contributed by atoms with Crippen molar-refractivity contribution in [3.63, 3.8) is 0 Å². The van der Waals surface area contributed by atoms with Crippen molar-refractivity contribution in [3.8, 4) is 85.1 Å². The number of benzene rings is 14. The van der Waals surface area contributed by atoms with E-state index in [9.17, 15) is 0 Å². The van der Waals surface area contributed by atoms with E-state index in [0.29, 0.717) is 82.4 Å². The minimum atomic E-state index is -0.369. The molecule has 2 aliphatic rings. The van der Waals surface area contributed by atoms with E-state index < -0.39 is 0 Å². The average molecular weight is 2030 g/mol. The second-order valence-electron chi connectivity index (χ2n) is 39.8. The lowest BCUT2D eigenvalue weighted by Crippen LogP contribution is -2.20. The van der Waals surface area contributed by atoms with Gasteiger partial charge in [-0.3, -0.25) is 0 Å². The van der Waals surface area contributed by atoms with Crippen molar-refractivity contribution in [3.05, 3.63) is 414 Å². The van der Waals surface area contributed by atoms with E-state index in [2.05, 4.69) is 252 Å². The summed E-state index contributed by atoms with van der Waals surface area (Å²) in [5, 5.41) is 0. The summed E-state index contributed by atoms with van der Waals surface area (Å²) < 4.78 is 86.8. The Morgan fingerprint density at radius 1 is 0.233 bits per heavy atom. The topological polar surface area (TPSA) is 138 Å². The van der Waals surface area contributed by atoms with Crippen LogP contribution >= 0.6 is 0 Å². The van der Waals surface area contributed by atoms with E-state index in [4.69, 9.17) is 71.1 Å². The van der Waals surface area contributed by atoms with E-state index in [1.54, 1.807) is 0 Å². The van der Waals surface area contributed by atoms with E-state index in [-0.39, 0.29) is 38.2 Å². The van der Waals surface area contributed by atoms with Crippen molar-refractivity contribution in [2.24, 2.45) is 5.92 Å². The summed E-state index contributed by atoms with van der Waals surface area (Å²) in [6, 6.07) is 124. The highest BCUT2D eigenvalue weighted by Crippen LogP contribution is 2.41. The van der Waals surface area contributed by atoms with Crippen molar-refractivity contribution < 1.29 is 71.1 Å². The molecule has 0 heterocycles. The number of hydrogen-bond donors (Lipinski definition) is 0. The molecule has 16 rings (SSSR count). The van der Waals surface area contributed by atoms with Gasteiger partial charge in [-0.15, -0.1) is 0 Å². The van der Waals surface area contributed by atoms with E-state index in [1.807, 2.05) is 223 Å². The lowest BCUT2D eigenvalue weighted by molar-refractivity contribution is -0.0741. The lowest BCUT2D eigenvalue weighted by atomic mass is 9.84. The second kappa shape index (κ2) is 66.6. The standard InChI is InChI=1S/C31H32O3.C25H34O3.C25H28O3.C19H30O2.C19H24O2.C16H18O2/c1-23(2)25-17-19-28(20-18-25)34-24(3)32-21-22-33-31-29(26-11-6-4-7-12-26)15-10-16-30(31)27-13-8-5-9-14-27;2*1-19(2)21-9-15-25(16-10-21)28-20(3)26-17-18-27-24-13-11-23(12-14-24)22-7-5-4-6-8-22;2*1-15(2)18-9-11-19(12-10-18)21-16(3)20-14-13-17-7-5-4-6-8-17;1-2-14-8-10-16(11-9-14)18-13-17-12-15-6-4-3-5-7-15/h4-20,23-24H,21-22H2,1-3H3;9-16,19-20,22H,4-8,17-18H2,1-3H3;4-16,19-20H,17-18H2,1-3H3;9-12,15-17H,4-8,13-14H2,1-3H3;4-12,15-16H,13-14H2,1-3H3;3-11H,2,12-13H2,1H3. The van der Waals surface area contributed by atoms with Crippen LogP contribution in [0.1, 0.15) is 267 Å². The van der Waals surface area contributed by atoms with Gasteiger partial charge in [-0.05, 0) is 278 Å². The van der Waals surface area contributed by atoms with Gasteiger partial charge in [0, 0.05) is 11.1 Å². The summed E-state index contributed by atoms with van der Waals surface area (Å²) in [7, 11) is 0. The SMILES string of the molecule is CC(OCCC1CCCCC1)Oc1ccc(C(C)C)cc1.CC(OCCOc1c(-c2ccccc2)cccc1-c1ccccc1)Oc1ccc(C(C)C)cc1.CC(OCCOc1ccc(-c2ccccc2)cc1)Oc1ccc(C(C)C)cc1.CC(OCCOc1ccc(C2CCCCC2)cc1)Oc1ccc(C(C)C)cc1.CC(OCCc1ccccc1)Oc1ccc(C(C)C)cc1.CCc1ccc(OCOCc2ccccc2)cc1. The molecule has 150 heavy (non-hydrogen) atoms. The first-order valence-electron chi connectivity index (χ1n) is 54.7. The Morgan fingerprint density at radius 2 is 0.533 bits per heavy atom. The lowest BCUT2D eigenvalue weighted by Gasteiger charge is -2.22. The third-order valence-corrected chi connectivity index (χ3v) is 26.4. The van der Waals surface area contributed by atoms with Crippen molar-refractivity contribution in [2.75, 3.05) is 59.6 Å². The first kappa shape index (κ1) is 117. The third-order valence-electron chi connectivity index (χ3n) is 26.4. The summed E-state index contributed by atoms with van der Waals surface area (Å²) in [5.41, 5.74) is 18.5. The second-order valence-corrected chi connectivity index (χ2v) is 39.8. The fourth-order valence-electron chi connectivity index (χ4n) is 17.4. The molecule has 0 N–H and O–H groups in total. The maximum atomic E-state index is 6.34. The fourth-order valence-corrected chi connectivity index (χ4v) is 17.4. The molecule has 14 aromatic rings. The van der Waals surface area contributed by atoms with Gasteiger partial charge in [0.05, 0.1) is 39.6 Å². The molecule has 0 aromatic heterocycles. The number of aryl methyl sites for hydroxylation is 1. The number of hydrogen-bond acceptors (Lipinski definition) is 15. The molecule has 15 heteroatoms. The predicted octanol–water partition coefficient (Wildman–Crippen LogP) is 35.1. The minimum absolute atomic E-state index is 0.168. The molecule has 0 spiro atoms. The predicted molar refractivity (Wildman–Crippen MR) is 615 cm³/mol. The van der Waals surface area contributed by atoms with Gasteiger partial charge in [-0.25, -0.2) is 0 Å². The first-order chi connectivity index (χ1) is 73.0. The Morgan fingerprint density at radius 3 is 0.900 bits per heavy atom. The molecule has 0 radical (unpaired) electrons. The molecule has 2 saturated carbocycles. The summed E-state index contributed by atoms with van der Waals surface area (Å²) in [5.74, 6) is 11.9. The van der Waals surface area contributed by atoms with E-state index >= 15 is 0 Å². The van der Waals surface area contributed by atoms with Crippen molar-refractivity contribution >= 4 is 0 Å². The zero-order valence-electron chi connectivity index (χ0n) is 92.0. The highest BCUT2D eigenvalue weighted by molar-refractivity contribution is 5.82. The Bertz CT molecular complexity index is 5810. The van der Waals surface area contributed by atoms with E-state index in [1.165, 1.54) is 126 Å².